The fourth-order valence-electron chi connectivity index (χ4n) is 3.00. The van der Waals surface area contributed by atoms with E-state index in [4.69, 9.17) is 0 Å². The van der Waals surface area contributed by atoms with Crippen LogP contribution in [0.25, 0.3) is 0 Å². The maximum absolute atomic E-state index is 11.6. The van der Waals surface area contributed by atoms with E-state index >= 15 is 0 Å². The highest BCUT2D eigenvalue weighted by atomic mass is 16.1. The Hall–Kier alpha value is -0.370. The Morgan fingerprint density at radius 3 is 2.19 bits per heavy atom. The first-order valence-corrected chi connectivity index (χ1v) is 6.60. The molecule has 4 unspecified atom stereocenters. The largest absolute Gasteiger partial charge is 0.303 e. The third kappa shape index (κ3) is 3.89. The Morgan fingerprint density at radius 1 is 1.06 bits per heavy atom. The Kier molecular flexibility index (Phi) is 4.97. The summed E-state index contributed by atoms with van der Waals surface area (Å²) >= 11 is 0. The van der Waals surface area contributed by atoms with Gasteiger partial charge in [-0.05, 0) is 52.0 Å². The molecule has 2 nitrogen and oxygen atoms in total. The number of carbonyl (C=O) groups is 1. The molecule has 0 aromatic carbocycles. The van der Waals surface area contributed by atoms with Crippen molar-refractivity contribution in [3.63, 3.8) is 0 Å². The average molecular weight is 225 g/mol. The highest BCUT2D eigenvalue weighted by molar-refractivity contribution is 5.78. The van der Waals surface area contributed by atoms with Gasteiger partial charge in [0.2, 0.25) is 0 Å². The van der Waals surface area contributed by atoms with Crippen molar-refractivity contribution in [2.45, 2.75) is 53.0 Å². The summed E-state index contributed by atoms with van der Waals surface area (Å²) in [5.41, 5.74) is 0. The Morgan fingerprint density at radius 2 is 1.62 bits per heavy atom. The first kappa shape index (κ1) is 13.7. The van der Waals surface area contributed by atoms with Gasteiger partial charge in [0.15, 0.2) is 0 Å². The maximum atomic E-state index is 11.6. The zero-order valence-corrected chi connectivity index (χ0v) is 11.5. The van der Waals surface area contributed by atoms with Gasteiger partial charge in [-0.25, -0.2) is 0 Å². The van der Waals surface area contributed by atoms with E-state index < -0.39 is 0 Å². The second kappa shape index (κ2) is 5.81. The van der Waals surface area contributed by atoms with Gasteiger partial charge in [0, 0.05) is 18.5 Å². The molecule has 1 heterocycles. The van der Waals surface area contributed by atoms with Gasteiger partial charge in [-0.1, -0.05) is 13.8 Å². The fourth-order valence-corrected chi connectivity index (χ4v) is 3.00. The maximum Gasteiger partial charge on any atom is 0.132 e. The van der Waals surface area contributed by atoms with Gasteiger partial charge in [0.25, 0.3) is 0 Å². The van der Waals surface area contributed by atoms with Gasteiger partial charge in [-0.15, -0.1) is 0 Å². The minimum absolute atomic E-state index is 0.295. The molecule has 1 rings (SSSR count). The van der Waals surface area contributed by atoms with E-state index in [-0.39, 0.29) is 0 Å². The van der Waals surface area contributed by atoms with Gasteiger partial charge in [-0.3, -0.25) is 4.79 Å². The molecule has 4 atom stereocenters. The predicted octanol–water partition coefficient (Wildman–Crippen LogP) is 2.97. The summed E-state index contributed by atoms with van der Waals surface area (Å²) in [5, 5.41) is 0. The van der Waals surface area contributed by atoms with Crippen LogP contribution in [0.15, 0.2) is 0 Å². The molecule has 16 heavy (non-hydrogen) atoms. The zero-order chi connectivity index (χ0) is 12.3. The van der Waals surface area contributed by atoms with Crippen LogP contribution in [0.4, 0.5) is 0 Å². The molecule has 0 spiro atoms. The van der Waals surface area contributed by atoms with Crippen LogP contribution >= 0.6 is 0 Å². The quantitative estimate of drug-likeness (QED) is 0.684. The highest BCUT2D eigenvalue weighted by Crippen LogP contribution is 2.27. The molecule has 0 aromatic heterocycles. The number of hydrogen-bond donors (Lipinski definition) is 0. The van der Waals surface area contributed by atoms with Crippen molar-refractivity contribution in [3.05, 3.63) is 0 Å². The van der Waals surface area contributed by atoms with Crippen molar-refractivity contribution in [2.75, 3.05) is 13.6 Å². The minimum atomic E-state index is 0.295. The van der Waals surface area contributed by atoms with Crippen LogP contribution in [0.1, 0.15) is 47.0 Å². The molecule has 0 aromatic rings. The molecule has 0 saturated carbocycles. The van der Waals surface area contributed by atoms with Crippen LogP contribution in [0.2, 0.25) is 0 Å². The van der Waals surface area contributed by atoms with Gasteiger partial charge in [0.05, 0.1) is 0 Å². The molecule has 1 aliphatic heterocycles. The van der Waals surface area contributed by atoms with E-state index in [1.165, 1.54) is 6.42 Å². The Balaban J connectivity index is 2.72. The smallest absolute Gasteiger partial charge is 0.132 e. The number of hydrogen-bond acceptors (Lipinski definition) is 2. The second-order valence-corrected chi connectivity index (χ2v) is 6.01. The summed E-state index contributed by atoms with van der Waals surface area (Å²) < 4.78 is 0. The lowest BCUT2D eigenvalue weighted by atomic mass is 9.85. The lowest BCUT2D eigenvalue weighted by molar-refractivity contribution is -0.121. The van der Waals surface area contributed by atoms with Gasteiger partial charge in [0.1, 0.15) is 5.78 Å². The highest BCUT2D eigenvalue weighted by Gasteiger charge is 2.25. The predicted molar refractivity (Wildman–Crippen MR) is 68.4 cm³/mol. The van der Waals surface area contributed by atoms with E-state index in [1.807, 2.05) is 0 Å². The average Bonchev–Trinajstić information content (AvgIpc) is 2.18. The molecule has 1 saturated heterocycles. The van der Waals surface area contributed by atoms with Crippen molar-refractivity contribution in [3.8, 4) is 0 Å². The van der Waals surface area contributed by atoms with E-state index in [9.17, 15) is 4.79 Å². The van der Waals surface area contributed by atoms with Gasteiger partial charge >= 0.3 is 0 Å². The van der Waals surface area contributed by atoms with Crippen molar-refractivity contribution in [1.29, 1.82) is 0 Å². The summed E-state index contributed by atoms with van der Waals surface area (Å²) in [5.74, 6) is 1.97. The first-order valence-electron chi connectivity index (χ1n) is 6.60. The number of Topliss-reactive ketones (excluding diaryl/α,β-unsaturated/α-hetero) is 1. The van der Waals surface area contributed by atoms with Crippen LogP contribution in [-0.2, 0) is 4.79 Å². The zero-order valence-electron chi connectivity index (χ0n) is 11.5. The number of ketones is 1. The van der Waals surface area contributed by atoms with E-state index in [2.05, 4.69) is 32.7 Å². The molecule has 2 heteroatoms. The van der Waals surface area contributed by atoms with E-state index in [0.717, 1.165) is 19.4 Å². The van der Waals surface area contributed by atoms with Crippen molar-refractivity contribution < 1.29 is 4.79 Å². The van der Waals surface area contributed by atoms with Crippen molar-refractivity contribution in [2.24, 2.45) is 17.8 Å². The Labute approximate surface area is 100 Å². The van der Waals surface area contributed by atoms with E-state index in [1.54, 1.807) is 6.92 Å². The lowest BCUT2D eigenvalue weighted by Gasteiger charge is -2.27. The molecular weight excluding hydrogens is 198 g/mol. The monoisotopic (exact) mass is 225 g/mol. The molecule has 0 bridgehead atoms. The molecule has 0 aliphatic carbocycles. The molecule has 0 N–H and O–H groups in total. The third-order valence-electron chi connectivity index (χ3n) is 4.04. The normalized spacial score (nSPS) is 38.6. The molecule has 0 radical (unpaired) electrons. The van der Waals surface area contributed by atoms with Gasteiger partial charge in [-0.2, -0.15) is 0 Å². The summed E-state index contributed by atoms with van der Waals surface area (Å²) in [4.78, 5) is 14.1. The second-order valence-electron chi connectivity index (χ2n) is 6.01. The number of rotatable bonds is 1. The summed E-state index contributed by atoms with van der Waals surface area (Å²) in [6, 6.07) is 0.642. The van der Waals surface area contributed by atoms with Crippen LogP contribution in [-0.4, -0.2) is 30.3 Å². The van der Waals surface area contributed by atoms with Crippen LogP contribution in [0.5, 0.6) is 0 Å². The fraction of sp³-hybridized carbons (Fsp3) is 0.929. The van der Waals surface area contributed by atoms with Crippen molar-refractivity contribution >= 4 is 5.78 Å². The molecule has 94 valence electrons. The van der Waals surface area contributed by atoms with Crippen molar-refractivity contribution in [1.82, 2.24) is 4.90 Å². The van der Waals surface area contributed by atoms with E-state index in [0.29, 0.717) is 29.6 Å². The summed E-state index contributed by atoms with van der Waals surface area (Å²) in [7, 11) is 2.21. The Bertz CT molecular complexity index is 221. The minimum Gasteiger partial charge on any atom is -0.303 e. The van der Waals surface area contributed by atoms with Crippen LogP contribution in [0.3, 0.4) is 0 Å². The molecule has 1 fully saturated rings. The molecule has 0 amide bonds. The topological polar surface area (TPSA) is 20.3 Å². The first-order chi connectivity index (χ1) is 7.40. The standard InChI is InChI=1S/C14H27NO/c1-10-6-12(3)15(5)9-11(2)8-14(7-10)13(4)16/h10-12,14H,6-9H2,1-5H3. The third-order valence-corrected chi connectivity index (χ3v) is 4.04. The SMILES string of the molecule is CC(=O)C1CC(C)CC(C)N(C)CC(C)C1. The number of carbonyl (C=O) groups excluding carboxylic acids is 1. The summed E-state index contributed by atoms with van der Waals surface area (Å²) in [6.07, 6.45) is 3.36. The molecular formula is C14H27NO. The summed E-state index contributed by atoms with van der Waals surface area (Å²) in [6.45, 7) is 9.75. The lowest BCUT2D eigenvalue weighted by Crippen LogP contribution is -2.33. The number of nitrogens with zero attached hydrogens (tertiary/aromatic N) is 1. The van der Waals surface area contributed by atoms with Crippen LogP contribution < -0.4 is 0 Å². The molecule has 1 aliphatic rings. The van der Waals surface area contributed by atoms with Crippen LogP contribution in [0, 0.1) is 17.8 Å². The van der Waals surface area contributed by atoms with Gasteiger partial charge < -0.3 is 4.90 Å².